The summed E-state index contributed by atoms with van der Waals surface area (Å²) in [5.41, 5.74) is 2.32. The Hall–Kier alpha value is -3.18. The number of nitrogens with one attached hydrogen (secondary N) is 2. The number of benzene rings is 1. The third kappa shape index (κ3) is 3.19. The van der Waals surface area contributed by atoms with Crippen molar-refractivity contribution in [3.63, 3.8) is 0 Å². The van der Waals surface area contributed by atoms with Gasteiger partial charge in [-0.05, 0) is 61.1 Å². The van der Waals surface area contributed by atoms with Crippen LogP contribution < -0.4 is 10.6 Å². The minimum atomic E-state index is -1.10. The van der Waals surface area contributed by atoms with Crippen molar-refractivity contribution in [1.29, 1.82) is 5.26 Å². The highest BCUT2D eigenvalue weighted by molar-refractivity contribution is 7.16. The highest BCUT2D eigenvalue weighted by Gasteiger charge is 2.54. The molecule has 32 heavy (non-hydrogen) atoms. The number of hydrogen-bond acceptors (Lipinski definition) is 5. The van der Waals surface area contributed by atoms with E-state index in [4.69, 9.17) is 0 Å². The minimum Gasteiger partial charge on any atom is -0.319 e. The first-order chi connectivity index (χ1) is 15.4. The van der Waals surface area contributed by atoms with Crippen LogP contribution in [0.4, 0.5) is 9.80 Å². The summed E-state index contributed by atoms with van der Waals surface area (Å²) in [6.07, 6.45) is 4.92. The van der Waals surface area contributed by atoms with Crippen molar-refractivity contribution in [1.82, 2.24) is 10.2 Å². The quantitative estimate of drug-likeness (QED) is 0.702. The lowest BCUT2D eigenvalue weighted by Gasteiger charge is -2.33. The fourth-order valence-corrected chi connectivity index (χ4v) is 6.60. The molecule has 7 nitrogen and oxygen atoms in total. The maximum absolute atomic E-state index is 13.4. The normalized spacial score (nSPS) is 24.0. The number of urea groups is 1. The van der Waals surface area contributed by atoms with Crippen LogP contribution in [-0.4, -0.2) is 29.3 Å². The monoisotopic (exact) mass is 448 g/mol. The first kappa shape index (κ1) is 20.7. The van der Waals surface area contributed by atoms with Crippen LogP contribution in [0.15, 0.2) is 24.3 Å². The fraction of sp³-hybridized carbons (Fsp3) is 0.417. The third-order valence-corrected chi connectivity index (χ3v) is 8.00. The lowest BCUT2D eigenvalue weighted by Crippen LogP contribution is -2.47. The second kappa shape index (κ2) is 7.75. The SMILES string of the molecule is CC1CCc2c(sc(NC(=O)CN3C(=O)NC4(CCCc5ccccc54)C3=O)c2C#N)C1. The van der Waals surface area contributed by atoms with Gasteiger partial charge in [0.1, 0.15) is 23.2 Å². The number of imide groups is 1. The minimum absolute atomic E-state index is 0.377. The van der Waals surface area contributed by atoms with Crippen LogP contribution in [0.3, 0.4) is 0 Å². The van der Waals surface area contributed by atoms with Crippen molar-refractivity contribution in [2.75, 3.05) is 11.9 Å². The molecular formula is C24H24N4O3S. The Bertz CT molecular complexity index is 1180. The van der Waals surface area contributed by atoms with Crippen LogP contribution in [-0.2, 0) is 34.4 Å². The molecule has 0 saturated carbocycles. The average Bonchev–Trinajstić information content (AvgIpc) is 3.23. The first-order valence-electron chi connectivity index (χ1n) is 11.0. The molecule has 1 aromatic carbocycles. The second-order valence-electron chi connectivity index (χ2n) is 8.95. The van der Waals surface area contributed by atoms with Crippen molar-refractivity contribution in [3.05, 3.63) is 51.4 Å². The lowest BCUT2D eigenvalue weighted by atomic mass is 9.76. The van der Waals surface area contributed by atoms with Gasteiger partial charge in [-0.1, -0.05) is 31.2 Å². The molecule has 8 heteroatoms. The summed E-state index contributed by atoms with van der Waals surface area (Å²) in [6.45, 7) is 1.81. The van der Waals surface area contributed by atoms with Gasteiger partial charge in [0.15, 0.2) is 0 Å². The maximum Gasteiger partial charge on any atom is 0.325 e. The van der Waals surface area contributed by atoms with Gasteiger partial charge in [0.25, 0.3) is 5.91 Å². The van der Waals surface area contributed by atoms with Gasteiger partial charge in [0.05, 0.1) is 5.56 Å². The van der Waals surface area contributed by atoms with Crippen molar-refractivity contribution >= 4 is 34.2 Å². The van der Waals surface area contributed by atoms with E-state index in [1.165, 1.54) is 11.3 Å². The number of thiophene rings is 1. The summed E-state index contributed by atoms with van der Waals surface area (Å²) in [5, 5.41) is 15.8. The van der Waals surface area contributed by atoms with E-state index in [-0.39, 0.29) is 12.5 Å². The van der Waals surface area contributed by atoms with Gasteiger partial charge in [0.2, 0.25) is 5.91 Å². The number of anilines is 1. The zero-order valence-corrected chi connectivity index (χ0v) is 18.7. The van der Waals surface area contributed by atoms with Gasteiger partial charge < -0.3 is 10.6 Å². The van der Waals surface area contributed by atoms with Crippen molar-refractivity contribution in [3.8, 4) is 6.07 Å². The Balaban J connectivity index is 1.36. The topological polar surface area (TPSA) is 102 Å². The Kier molecular flexibility index (Phi) is 5.01. The molecule has 2 aliphatic carbocycles. The Morgan fingerprint density at radius 2 is 2.16 bits per heavy atom. The molecule has 4 amide bonds. The van der Waals surface area contributed by atoms with Gasteiger partial charge >= 0.3 is 6.03 Å². The lowest BCUT2D eigenvalue weighted by molar-refractivity contribution is -0.134. The number of nitriles is 1. The molecule has 2 heterocycles. The van der Waals surface area contributed by atoms with Crippen LogP contribution in [0.1, 0.15) is 53.3 Å². The number of rotatable bonds is 3. The van der Waals surface area contributed by atoms with E-state index in [1.54, 1.807) is 0 Å². The molecule has 1 saturated heterocycles. The molecule has 1 spiro atoms. The van der Waals surface area contributed by atoms with E-state index in [0.29, 0.717) is 22.9 Å². The molecule has 164 valence electrons. The van der Waals surface area contributed by atoms with Gasteiger partial charge in [-0.3, -0.25) is 14.5 Å². The standard InChI is InChI=1S/C24H24N4O3S/c1-14-8-9-16-17(12-25)21(32-19(16)11-14)26-20(29)13-28-22(30)24(27-23(28)31)10-4-6-15-5-2-3-7-18(15)24/h2-3,5,7,14H,4,6,8-11,13H2,1H3,(H,26,29)(H,27,31). The Labute approximate surface area is 190 Å². The Morgan fingerprint density at radius 3 is 2.97 bits per heavy atom. The average molecular weight is 449 g/mol. The summed E-state index contributed by atoms with van der Waals surface area (Å²) in [4.78, 5) is 41.1. The van der Waals surface area contributed by atoms with E-state index in [1.807, 2.05) is 24.3 Å². The second-order valence-corrected chi connectivity index (χ2v) is 10.1. The third-order valence-electron chi connectivity index (χ3n) is 6.83. The predicted molar refractivity (Wildman–Crippen MR) is 120 cm³/mol. The van der Waals surface area contributed by atoms with E-state index in [0.717, 1.165) is 58.6 Å². The van der Waals surface area contributed by atoms with Crippen LogP contribution in [0.2, 0.25) is 0 Å². The zero-order chi connectivity index (χ0) is 22.5. The molecule has 2 atom stereocenters. The summed E-state index contributed by atoms with van der Waals surface area (Å²) in [7, 11) is 0. The largest absolute Gasteiger partial charge is 0.325 e. The molecule has 2 aromatic rings. The number of carbonyl (C=O) groups excluding carboxylic acids is 3. The van der Waals surface area contributed by atoms with Gasteiger partial charge in [-0.2, -0.15) is 5.26 Å². The predicted octanol–water partition coefficient (Wildman–Crippen LogP) is 3.47. The molecular weight excluding hydrogens is 424 g/mol. The molecule has 2 unspecified atom stereocenters. The number of nitrogens with zero attached hydrogens (tertiary/aromatic N) is 2. The maximum atomic E-state index is 13.4. The van der Waals surface area contributed by atoms with E-state index in [2.05, 4.69) is 23.6 Å². The van der Waals surface area contributed by atoms with Crippen LogP contribution >= 0.6 is 11.3 Å². The molecule has 3 aliphatic rings. The molecule has 2 N–H and O–H groups in total. The van der Waals surface area contributed by atoms with E-state index >= 15 is 0 Å². The summed E-state index contributed by atoms with van der Waals surface area (Å²) in [6, 6.07) is 9.33. The zero-order valence-electron chi connectivity index (χ0n) is 17.9. The van der Waals surface area contributed by atoms with Gasteiger partial charge in [-0.15, -0.1) is 11.3 Å². The van der Waals surface area contributed by atoms with Crippen LogP contribution in [0.25, 0.3) is 0 Å². The number of amides is 4. The van der Waals surface area contributed by atoms with Crippen LogP contribution in [0, 0.1) is 17.2 Å². The highest BCUT2D eigenvalue weighted by Crippen LogP contribution is 2.41. The molecule has 1 aromatic heterocycles. The Morgan fingerprint density at radius 1 is 1.34 bits per heavy atom. The number of hydrogen-bond donors (Lipinski definition) is 2. The first-order valence-corrected chi connectivity index (χ1v) is 11.8. The number of fused-ring (bicyclic) bond motifs is 3. The fourth-order valence-electron chi connectivity index (χ4n) is 5.22. The summed E-state index contributed by atoms with van der Waals surface area (Å²) >= 11 is 1.43. The molecule has 1 aliphatic heterocycles. The molecule has 5 rings (SSSR count). The van der Waals surface area contributed by atoms with Gasteiger partial charge in [0, 0.05) is 4.88 Å². The van der Waals surface area contributed by atoms with Gasteiger partial charge in [-0.25, -0.2) is 4.79 Å². The highest BCUT2D eigenvalue weighted by atomic mass is 32.1. The number of carbonyl (C=O) groups is 3. The van der Waals surface area contributed by atoms with Crippen molar-refractivity contribution < 1.29 is 14.4 Å². The molecule has 0 bridgehead atoms. The molecule has 1 fully saturated rings. The smallest absolute Gasteiger partial charge is 0.319 e. The van der Waals surface area contributed by atoms with E-state index < -0.39 is 17.5 Å². The summed E-state index contributed by atoms with van der Waals surface area (Å²) < 4.78 is 0. The molecule has 0 radical (unpaired) electrons. The van der Waals surface area contributed by atoms with E-state index in [9.17, 15) is 19.6 Å². The number of aryl methyl sites for hydroxylation is 1. The van der Waals surface area contributed by atoms with Crippen LogP contribution in [0.5, 0.6) is 0 Å². The van der Waals surface area contributed by atoms with Crippen molar-refractivity contribution in [2.24, 2.45) is 5.92 Å². The summed E-state index contributed by atoms with van der Waals surface area (Å²) in [5.74, 6) is -0.306. The van der Waals surface area contributed by atoms with Crippen molar-refractivity contribution in [2.45, 2.75) is 51.0 Å².